The minimum atomic E-state index is -0.642. The first-order valence-corrected chi connectivity index (χ1v) is 11.7. The van der Waals surface area contributed by atoms with Gasteiger partial charge in [0.25, 0.3) is 5.91 Å². The van der Waals surface area contributed by atoms with E-state index >= 15 is 0 Å². The summed E-state index contributed by atoms with van der Waals surface area (Å²) in [4.78, 5) is 28.3. The first-order valence-electron chi connectivity index (χ1n) is 11.7. The van der Waals surface area contributed by atoms with Gasteiger partial charge in [-0.05, 0) is 36.0 Å². The van der Waals surface area contributed by atoms with Gasteiger partial charge >= 0.3 is 0 Å². The second-order valence-corrected chi connectivity index (χ2v) is 10.2. The monoisotopic (exact) mass is 458 g/mol. The van der Waals surface area contributed by atoms with Crippen LogP contribution in [-0.2, 0) is 17.3 Å². The molecule has 1 amide bonds. The van der Waals surface area contributed by atoms with Gasteiger partial charge in [-0.2, -0.15) is 15.3 Å². The highest BCUT2D eigenvalue weighted by Gasteiger charge is 2.53. The zero-order valence-electron chi connectivity index (χ0n) is 20.3. The number of carbonyl (C=O) groups excluding carboxylic acids is 2. The first kappa shape index (κ1) is 22.3. The Morgan fingerprint density at radius 2 is 2.09 bits per heavy atom. The molecule has 8 heteroatoms. The molecule has 0 saturated heterocycles. The average molecular weight is 459 g/mol. The lowest BCUT2D eigenvalue weighted by Gasteiger charge is -2.48. The van der Waals surface area contributed by atoms with E-state index in [-0.39, 0.29) is 23.3 Å². The molecule has 1 N–H and O–H groups in total. The number of azo groups is 1. The Kier molecular flexibility index (Phi) is 5.07. The molecule has 1 aromatic carbocycles. The van der Waals surface area contributed by atoms with Crippen molar-refractivity contribution < 1.29 is 9.59 Å². The van der Waals surface area contributed by atoms with Crippen LogP contribution >= 0.6 is 0 Å². The van der Waals surface area contributed by atoms with E-state index in [0.717, 1.165) is 34.5 Å². The summed E-state index contributed by atoms with van der Waals surface area (Å²) in [5, 5.41) is 16.3. The maximum atomic E-state index is 13.6. The third kappa shape index (κ3) is 3.31. The fourth-order valence-corrected chi connectivity index (χ4v) is 5.71. The highest BCUT2D eigenvalue weighted by atomic mass is 16.2. The van der Waals surface area contributed by atoms with Crippen molar-refractivity contribution in [3.05, 3.63) is 70.8 Å². The summed E-state index contributed by atoms with van der Waals surface area (Å²) in [6.07, 6.45) is 6.78. The van der Waals surface area contributed by atoms with Crippen LogP contribution < -0.4 is 10.2 Å². The fraction of sp³-hybridized carbons (Fsp3) is 0.423. The van der Waals surface area contributed by atoms with Crippen molar-refractivity contribution in [1.82, 2.24) is 15.1 Å². The van der Waals surface area contributed by atoms with Crippen LogP contribution in [0.1, 0.15) is 56.0 Å². The number of anilines is 1. The van der Waals surface area contributed by atoms with Gasteiger partial charge in [-0.1, -0.05) is 32.9 Å². The summed E-state index contributed by atoms with van der Waals surface area (Å²) >= 11 is 0. The third-order valence-corrected chi connectivity index (χ3v) is 7.29. The number of amides is 1. The van der Waals surface area contributed by atoms with Gasteiger partial charge in [-0.15, -0.1) is 0 Å². The average Bonchev–Trinajstić information content (AvgIpc) is 3.45. The number of nitrogens with one attached hydrogen (secondary N) is 1. The van der Waals surface area contributed by atoms with Crippen LogP contribution in [0.3, 0.4) is 0 Å². The van der Waals surface area contributed by atoms with Crippen molar-refractivity contribution in [3.8, 4) is 0 Å². The van der Waals surface area contributed by atoms with Gasteiger partial charge in [0.2, 0.25) is 0 Å². The van der Waals surface area contributed by atoms with E-state index in [2.05, 4.69) is 47.5 Å². The van der Waals surface area contributed by atoms with Crippen LogP contribution in [-0.4, -0.2) is 34.7 Å². The van der Waals surface area contributed by atoms with Crippen molar-refractivity contribution in [3.63, 3.8) is 0 Å². The fourth-order valence-electron chi connectivity index (χ4n) is 5.71. The number of Topliss-reactive ketones (excluding diaryl/α,β-unsaturated/α-hetero) is 1. The number of ketones is 1. The van der Waals surface area contributed by atoms with Crippen LogP contribution in [0.15, 0.2) is 69.9 Å². The Bertz CT molecular complexity index is 1280. The standard InChI is InChI=1S/C26H30N6O2/c1-6-26(17-8-7-9-18(10-17)32(5)24(34)16-13-28-31(4)15-16)19-14-27-30-23(19)29-20-11-25(2,3)12-21(33)22(20)26/h7-10,13-15,23,29H,6,11-12H2,1-5H3/t23?,26-/m1/s1. The van der Waals surface area contributed by atoms with Crippen molar-refractivity contribution in [2.75, 3.05) is 11.9 Å². The SMILES string of the molecule is CC[C@@]1(c2cccc(N(C)C(=O)c3cnn(C)c3)c2)C2=CN=NC2NC2=C1C(=O)CC(C)(C)C2. The van der Waals surface area contributed by atoms with Crippen molar-refractivity contribution >= 4 is 17.4 Å². The molecule has 0 spiro atoms. The normalized spacial score (nSPS) is 24.9. The second kappa shape index (κ2) is 7.75. The van der Waals surface area contributed by atoms with Gasteiger partial charge in [0.15, 0.2) is 11.9 Å². The molecule has 34 heavy (non-hydrogen) atoms. The summed E-state index contributed by atoms with van der Waals surface area (Å²) in [6.45, 7) is 6.37. The molecular weight excluding hydrogens is 428 g/mol. The molecule has 1 unspecified atom stereocenters. The molecule has 0 radical (unpaired) electrons. The number of allylic oxidation sites excluding steroid dienone is 2. The highest BCUT2D eigenvalue weighted by Crippen LogP contribution is 2.54. The topological polar surface area (TPSA) is 91.9 Å². The number of fused-ring (bicyclic) bond motifs is 1. The van der Waals surface area contributed by atoms with E-state index in [1.165, 1.54) is 0 Å². The predicted octanol–water partition coefficient (Wildman–Crippen LogP) is 4.27. The number of aryl methyl sites for hydroxylation is 1. The molecule has 8 nitrogen and oxygen atoms in total. The number of aromatic nitrogens is 2. The van der Waals surface area contributed by atoms with Gasteiger partial charge in [0.1, 0.15) is 0 Å². The second-order valence-electron chi connectivity index (χ2n) is 10.2. The molecule has 0 bridgehead atoms. The van der Waals surface area contributed by atoms with Crippen molar-refractivity contribution in [1.29, 1.82) is 0 Å². The third-order valence-electron chi connectivity index (χ3n) is 7.29. The molecule has 3 heterocycles. The van der Waals surface area contributed by atoms with Crippen LogP contribution in [0.2, 0.25) is 0 Å². The lowest BCUT2D eigenvalue weighted by Crippen LogP contribution is -2.51. The smallest absolute Gasteiger partial charge is 0.261 e. The van der Waals surface area contributed by atoms with Gasteiger partial charge in [0, 0.05) is 49.2 Å². The maximum absolute atomic E-state index is 13.6. The Morgan fingerprint density at radius 1 is 1.29 bits per heavy atom. The van der Waals surface area contributed by atoms with E-state index in [1.807, 2.05) is 18.2 Å². The Hall–Kier alpha value is -3.55. The molecule has 1 aliphatic carbocycles. The van der Waals surface area contributed by atoms with E-state index in [0.29, 0.717) is 18.4 Å². The van der Waals surface area contributed by atoms with Crippen molar-refractivity contribution in [2.45, 2.75) is 51.6 Å². The molecule has 5 rings (SSSR count). The number of hydrogen-bond acceptors (Lipinski definition) is 6. The number of rotatable bonds is 4. The zero-order valence-corrected chi connectivity index (χ0v) is 20.3. The van der Waals surface area contributed by atoms with Crippen LogP contribution in [0, 0.1) is 5.41 Å². The lowest BCUT2D eigenvalue weighted by molar-refractivity contribution is -0.119. The molecule has 2 atom stereocenters. The zero-order chi connectivity index (χ0) is 24.3. The number of carbonyl (C=O) groups is 2. The first-order chi connectivity index (χ1) is 16.2. The minimum Gasteiger partial charge on any atom is -0.362 e. The molecule has 2 aliphatic heterocycles. The van der Waals surface area contributed by atoms with Gasteiger partial charge in [-0.3, -0.25) is 14.3 Å². The van der Waals surface area contributed by atoms with E-state index in [1.54, 1.807) is 42.3 Å². The Morgan fingerprint density at radius 3 is 2.79 bits per heavy atom. The number of hydrogen-bond donors (Lipinski definition) is 1. The number of nitrogens with zero attached hydrogens (tertiary/aromatic N) is 5. The van der Waals surface area contributed by atoms with Gasteiger partial charge in [0.05, 0.1) is 23.4 Å². The molecule has 1 aromatic heterocycles. The molecular formula is C26H30N6O2. The van der Waals surface area contributed by atoms with Gasteiger partial charge in [-0.25, -0.2) is 0 Å². The summed E-state index contributed by atoms with van der Waals surface area (Å²) < 4.78 is 1.61. The molecule has 176 valence electrons. The van der Waals surface area contributed by atoms with Crippen LogP contribution in [0.25, 0.3) is 0 Å². The quantitative estimate of drug-likeness (QED) is 0.741. The maximum Gasteiger partial charge on any atom is 0.261 e. The van der Waals surface area contributed by atoms with E-state index < -0.39 is 5.41 Å². The summed E-state index contributed by atoms with van der Waals surface area (Å²) in [7, 11) is 3.55. The Labute approximate surface area is 199 Å². The Balaban J connectivity index is 1.64. The van der Waals surface area contributed by atoms with Crippen LogP contribution in [0.4, 0.5) is 5.69 Å². The largest absolute Gasteiger partial charge is 0.362 e. The highest BCUT2D eigenvalue weighted by molar-refractivity contribution is 6.05. The lowest BCUT2D eigenvalue weighted by atomic mass is 9.59. The van der Waals surface area contributed by atoms with E-state index in [4.69, 9.17) is 0 Å². The van der Waals surface area contributed by atoms with Gasteiger partial charge < -0.3 is 10.2 Å². The number of benzene rings is 1. The minimum absolute atomic E-state index is 0.114. The molecule has 2 aromatic rings. The predicted molar refractivity (Wildman–Crippen MR) is 129 cm³/mol. The molecule has 3 aliphatic rings. The summed E-state index contributed by atoms with van der Waals surface area (Å²) in [5.74, 6) is 0.0245. The summed E-state index contributed by atoms with van der Waals surface area (Å²) in [5.41, 5.74) is 4.28. The van der Waals surface area contributed by atoms with Crippen LogP contribution in [0.5, 0.6) is 0 Å². The van der Waals surface area contributed by atoms with Crippen molar-refractivity contribution in [2.24, 2.45) is 22.7 Å². The molecule has 0 fully saturated rings. The van der Waals surface area contributed by atoms with E-state index in [9.17, 15) is 9.59 Å². The summed E-state index contributed by atoms with van der Waals surface area (Å²) in [6, 6.07) is 7.94. The molecule has 0 saturated carbocycles.